The molecule has 0 bridgehead atoms. The quantitative estimate of drug-likeness (QED) is 0.352. The van der Waals surface area contributed by atoms with Crippen LogP contribution >= 0.6 is 45.9 Å². The zero-order valence-corrected chi connectivity index (χ0v) is 19.9. The summed E-state index contributed by atoms with van der Waals surface area (Å²) in [6.07, 6.45) is 3.69. The summed E-state index contributed by atoms with van der Waals surface area (Å²) in [7, 11) is 0. The van der Waals surface area contributed by atoms with Gasteiger partial charge >= 0.3 is 0 Å². The lowest BCUT2D eigenvalue weighted by Crippen LogP contribution is -2.38. The number of aromatic nitrogens is 1. The van der Waals surface area contributed by atoms with Crippen molar-refractivity contribution in [3.8, 4) is 0 Å². The van der Waals surface area contributed by atoms with Crippen LogP contribution in [0.25, 0.3) is 11.8 Å². The van der Waals surface area contributed by atoms with Gasteiger partial charge < -0.3 is 0 Å². The Morgan fingerprint density at radius 1 is 1.06 bits per heavy atom. The van der Waals surface area contributed by atoms with Gasteiger partial charge in [-0.05, 0) is 59.2 Å². The number of fused-ring (bicyclic) bond motifs is 3. The fraction of sp³-hybridized carbons (Fsp3) is 0.120. The van der Waals surface area contributed by atoms with E-state index >= 15 is 0 Å². The molecular weight excluding hydrogens is 479 g/mol. The molecule has 3 heterocycles. The molecule has 0 unspecified atom stereocenters. The Kier molecular flexibility index (Phi) is 4.95. The van der Waals surface area contributed by atoms with Crippen LogP contribution in [0.3, 0.4) is 0 Å². The van der Waals surface area contributed by atoms with Gasteiger partial charge in [0.05, 0.1) is 16.3 Å². The van der Waals surface area contributed by atoms with Crippen LogP contribution in [0, 0.1) is 0 Å². The molecule has 0 fully saturated rings. The Hall–Kier alpha value is -2.44. The van der Waals surface area contributed by atoms with Crippen molar-refractivity contribution in [2.45, 2.75) is 18.9 Å². The Labute approximate surface area is 202 Å². The second-order valence-corrected chi connectivity index (χ2v) is 10.6. The summed E-state index contributed by atoms with van der Waals surface area (Å²) in [6, 6.07) is 17.8. The highest BCUT2D eigenvalue weighted by Crippen LogP contribution is 2.42. The summed E-state index contributed by atoms with van der Waals surface area (Å²) < 4.78 is 2.47. The number of benzene rings is 2. The summed E-state index contributed by atoms with van der Waals surface area (Å²) in [5.41, 5.74) is 5.45. The van der Waals surface area contributed by atoms with Gasteiger partial charge in [-0.3, -0.25) is 9.36 Å². The van der Waals surface area contributed by atoms with Gasteiger partial charge in [-0.15, -0.1) is 11.3 Å². The molecule has 0 saturated heterocycles. The Balaban J connectivity index is 1.62. The maximum Gasteiger partial charge on any atom is 0.271 e. The van der Waals surface area contributed by atoms with Crippen molar-refractivity contribution in [1.82, 2.24) is 4.57 Å². The van der Waals surface area contributed by atoms with E-state index < -0.39 is 0 Å². The lowest BCUT2D eigenvalue weighted by atomic mass is 9.85. The average Bonchev–Trinajstić information content (AvgIpc) is 3.43. The first-order chi connectivity index (χ1) is 15.6. The van der Waals surface area contributed by atoms with Gasteiger partial charge in [0.15, 0.2) is 4.80 Å². The highest BCUT2D eigenvalue weighted by molar-refractivity contribution is 7.10. The predicted octanol–water partition coefficient (Wildman–Crippen LogP) is 5.69. The first-order valence-corrected chi connectivity index (χ1v) is 12.7. The molecule has 1 atom stereocenters. The Morgan fingerprint density at radius 3 is 2.75 bits per heavy atom. The summed E-state index contributed by atoms with van der Waals surface area (Å²) in [5.74, 6) is 0. The van der Waals surface area contributed by atoms with Crippen molar-refractivity contribution in [3.63, 3.8) is 0 Å². The largest absolute Gasteiger partial charge is 0.271 e. The van der Waals surface area contributed by atoms with E-state index in [1.54, 1.807) is 23.5 Å². The first kappa shape index (κ1) is 20.2. The molecule has 0 amide bonds. The molecule has 0 saturated carbocycles. The van der Waals surface area contributed by atoms with Gasteiger partial charge in [0.2, 0.25) is 0 Å². The number of rotatable bonds is 2. The number of hydrogen-bond donors (Lipinski definition) is 0. The van der Waals surface area contributed by atoms with Crippen molar-refractivity contribution in [2.75, 3.05) is 0 Å². The van der Waals surface area contributed by atoms with E-state index in [-0.39, 0.29) is 11.6 Å². The minimum atomic E-state index is -0.127. The molecule has 2 aromatic carbocycles. The fourth-order valence-corrected chi connectivity index (χ4v) is 6.78. The van der Waals surface area contributed by atoms with Crippen LogP contribution < -0.4 is 14.9 Å². The van der Waals surface area contributed by atoms with Crippen LogP contribution in [0.2, 0.25) is 10.0 Å². The molecule has 1 aliphatic heterocycles. The highest BCUT2D eigenvalue weighted by Gasteiger charge is 2.32. The summed E-state index contributed by atoms with van der Waals surface area (Å²) >= 11 is 15.5. The highest BCUT2D eigenvalue weighted by atomic mass is 35.5. The average molecular weight is 495 g/mol. The van der Waals surface area contributed by atoms with Gasteiger partial charge in [-0.1, -0.05) is 70.9 Å². The number of allylic oxidation sites excluding steroid dienone is 1. The molecule has 2 aromatic heterocycles. The van der Waals surface area contributed by atoms with Crippen molar-refractivity contribution in [1.29, 1.82) is 0 Å². The first-order valence-electron chi connectivity index (χ1n) is 10.2. The lowest BCUT2D eigenvalue weighted by Gasteiger charge is -2.30. The van der Waals surface area contributed by atoms with E-state index in [0.29, 0.717) is 14.6 Å². The molecule has 0 spiro atoms. The van der Waals surface area contributed by atoms with Crippen LogP contribution in [0.1, 0.15) is 34.0 Å². The van der Waals surface area contributed by atoms with Gasteiger partial charge in [0.25, 0.3) is 5.56 Å². The Morgan fingerprint density at radius 2 is 1.94 bits per heavy atom. The summed E-state index contributed by atoms with van der Waals surface area (Å²) in [4.78, 5) is 20.5. The third-order valence-corrected chi connectivity index (χ3v) is 8.40. The van der Waals surface area contributed by atoms with Crippen LogP contribution in [-0.2, 0) is 6.42 Å². The number of thiophene rings is 1. The third-order valence-electron chi connectivity index (χ3n) is 5.93. The zero-order chi connectivity index (χ0) is 21.8. The molecule has 3 nitrogen and oxygen atoms in total. The topological polar surface area (TPSA) is 34.4 Å². The molecule has 158 valence electrons. The normalized spacial score (nSPS) is 17.6. The molecule has 0 N–H and O–H groups in total. The summed E-state index contributed by atoms with van der Waals surface area (Å²) in [6.45, 7) is 0. The van der Waals surface area contributed by atoms with E-state index in [1.165, 1.54) is 28.0 Å². The van der Waals surface area contributed by atoms with E-state index in [1.807, 2.05) is 22.8 Å². The maximum atomic E-state index is 13.6. The molecule has 4 aromatic rings. The SMILES string of the molecule is O=c1/c(=C\c2ccc(Cl)cc2Cl)sc2n1[C@H](c1cccs1)C1=C(N=2)c2ccccc2CC1. The lowest BCUT2D eigenvalue weighted by molar-refractivity contribution is 0.593. The van der Waals surface area contributed by atoms with Gasteiger partial charge in [0, 0.05) is 20.5 Å². The van der Waals surface area contributed by atoms with Gasteiger partial charge in [0.1, 0.15) is 0 Å². The molecule has 7 heteroatoms. The zero-order valence-electron chi connectivity index (χ0n) is 16.7. The molecule has 1 aliphatic carbocycles. The predicted molar refractivity (Wildman–Crippen MR) is 134 cm³/mol. The van der Waals surface area contributed by atoms with E-state index in [2.05, 4.69) is 35.7 Å². The van der Waals surface area contributed by atoms with E-state index in [9.17, 15) is 4.79 Å². The summed E-state index contributed by atoms with van der Waals surface area (Å²) in [5, 5.41) is 3.15. The minimum Gasteiger partial charge on any atom is -0.271 e. The molecule has 32 heavy (non-hydrogen) atoms. The van der Waals surface area contributed by atoms with Crippen molar-refractivity contribution in [2.24, 2.45) is 4.99 Å². The second-order valence-electron chi connectivity index (χ2n) is 7.79. The van der Waals surface area contributed by atoms with E-state index in [0.717, 1.165) is 33.8 Å². The third kappa shape index (κ3) is 3.23. The van der Waals surface area contributed by atoms with Crippen LogP contribution in [0.15, 0.2) is 75.3 Å². The number of aryl methyl sites for hydroxylation is 1. The molecule has 6 rings (SSSR count). The minimum absolute atomic E-state index is 0.0384. The standard InChI is InChI=1S/C25H16Cl2N2OS2/c26-16-9-7-15(19(27)13-16)12-21-24(30)29-23(20-6-3-11-31-20)18-10-8-14-4-1-2-5-17(14)22(18)28-25(29)32-21/h1-7,9,11-13,23H,8,10H2/b21-12+/t23-/m0/s1. The number of hydrogen-bond acceptors (Lipinski definition) is 4. The van der Waals surface area contributed by atoms with Crippen molar-refractivity contribution in [3.05, 3.63) is 117 Å². The number of nitrogens with zero attached hydrogens (tertiary/aromatic N) is 2. The van der Waals surface area contributed by atoms with Gasteiger partial charge in [-0.25, -0.2) is 4.99 Å². The van der Waals surface area contributed by atoms with E-state index in [4.69, 9.17) is 28.2 Å². The van der Waals surface area contributed by atoms with Crippen LogP contribution in [-0.4, -0.2) is 4.57 Å². The Bertz CT molecular complexity index is 1580. The second kappa shape index (κ2) is 7.85. The van der Waals surface area contributed by atoms with Crippen molar-refractivity contribution < 1.29 is 0 Å². The van der Waals surface area contributed by atoms with Gasteiger partial charge in [-0.2, -0.15) is 0 Å². The smallest absolute Gasteiger partial charge is 0.271 e. The van der Waals surface area contributed by atoms with Crippen LogP contribution in [0.5, 0.6) is 0 Å². The monoisotopic (exact) mass is 494 g/mol. The number of halogens is 2. The molecule has 0 radical (unpaired) electrons. The molecular formula is C25H16Cl2N2OS2. The van der Waals surface area contributed by atoms with Crippen molar-refractivity contribution >= 4 is 57.6 Å². The maximum absolute atomic E-state index is 13.6. The molecule has 2 aliphatic rings. The number of thiazole rings is 1. The van der Waals surface area contributed by atoms with Crippen LogP contribution in [0.4, 0.5) is 0 Å². The fourth-order valence-electron chi connectivity index (χ4n) is 4.48.